The van der Waals surface area contributed by atoms with Crippen LogP contribution in [-0.2, 0) is 6.42 Å². The van der Waals surface area contributed by atoms with Crippen molar-refractivity contribution in [1.82, 2.24) is 9.55 Å². The number of anilines is 1. The van der Waals surface area contributed by atoms with Crippen molar-refractivity contribution in [3.8, 4) is 16.9 Å². The second kappa shape index (κ2) is 4.74. The third kappa shape index (κ3) is 2.00. The Kier molecular flexibility index (Phi) is 2.74. The maximum absolute atomic E-state index is 13.5. The molecule has 3 aromatic rings. The van der Waals surface area contributed by atoms with Crippen molar-refractivity contribution in [1.29, 1.82) is 0 Å². The molecule has 104 valence electrons. The number of hydrogen-bond acceptors (Lipinski definition) is 2. The summed E-state index contributed by atoms with van der Waals surface area (Å²) in [6, 6.07) is 12.8. The lowest BCUT2D eigenvalue weighted by atomic mass is 10.1. The largest absolute Gasteiger partial charge is 0.384 e. The molecule has 0 aliphatic carbocycles. The van der Waals surface area contributed by atoms with Gasteiger partial charge in [-0.1, -0.05) is 24.3 Å². The summed E-state index contributed by atoms with van der Waals surface area (Å²) in [7, 11) is 0. The van der Waals surface area contributed by atoms with Crippen molar-refractivity contribution in [2.45, 2.75) is 6.42 Å². The fourth-order valence-electron chi connectivity index (χ4n) is 2.88. The van der Waals surface area contributed by atoms with Gasteiger partial charge in [0.15, 0.2) is 0 Å². The van der Waals surface area contributed by atoms with E-state index in [-0.39, 0.29) is 5.82 Å². The van der Waals surface area contributed by atoms with Gasteiger partial charge in [0.25, 0.3) is 0 Å². The van der Waals surface area contributed by atoms with Gasteiger partial charge in [0.2, 0.25) is 0 Å². The second-order valence-corrected chi connectivity index (χ2v) is 5.15. The minimum atomic E-state index is -0.247. The summed E-state index contributed by atoms with van der Waals surface area (Å²) in [6.07, 6.45) is 4.58. The standard InChI is InChI=1S/C17H14FN3/c18-13-4-2-5-14(9-13)21-11-19-10-16(21)15-6-1-3-12-7-8-20-17(12)15/h1-6,9-11,20H,7-8H2. The number of rotatable bonds is 2. The number of para-hydroxylation sites is 1. The summed E-state index contributed by atoms with van der Waals surface area (Å²) in [5.74, 6) is -0.247. The Morgan fingerprint density at radius 1 is 1.14 bits per heavy atom. The monoisotopic (exact) mass is 279 g/mol. The molecule has 0 saturated carbocycles. The smallest absolute Gasteiger partial charge is 0.125 e. The van der Waals surface area contributed by atoms with E-state index in [1.54, 1.807) is 12.4 Å². The van der Waals surface area contributed by atoms with Crippen LogP contribution in [0.25, 0.3) is 16.9 Å². The highest BCUT2D eigenvalue weighted by Gasteiger charge is 2.17. The highest BCUT2D eigenvalue weighted by atomic mass is 19.1. The van der Waals surface area contributed by atoms with E-state index in [0.29, 0.717) is 0 Å². The minimum Gasteiger partial charge on any atom is -0.384 e. The minimum absolute atomic E-state index is 0.247. The molecule has 0 unspecified atom stereocenters. The zero-order valence-electron chi connectivity index (χ0n) is 11.4. The van der Waals surface area contributed by atoms with Crippen LogP contribution in [0.4, 0.5) is 10.1 Å². The molecule has 4 rings (SSSR count). The summed E-state index contributed by atoms with van der Waals surface area (Å²) in [4.78, 5) is 4.24. The van der Waals surface area contributed by atoms with Crippen molar-refractivity contribution in [2.75, 3.05) is 11.9 Å². The lowest BCUT2D eigenvalue weighted by Gasteiger charge is -2.12. The third-order valence-electron chi connectivity index (χ3n) is 3.85. The molecule has 1 aromatic heterocycles. The molecule has 2 aromatic carbocycles. The molecule has 0 amide bonds. The van der Waals surface area contributed by atoms with E-state index in [1.165, 1.54) is 17.7 Å². The predicted molar refractivity (Wildman–Crippen MR) is 81.2 cm³/mol. The molecule has 0 radical (unpaired) electrons. The summed E-state index contributed by atoms with van der Waals surface area (Å²) >= 11 is 0. The number of imidazole rings is 1. The van der Waals surface area contributed by atoms with Crippen molar-refractivity contribution >= 4 is 5.69 Å². The zero-order chi connectivity index (χ0) is 14.2. The summed E-state index contributed by atoms with van der Waals surface area (Å²) in [5, 5.41) is 3.43. The summed E-state index contributed by atoms with van der Waals surface area (Å²) < 4.78 is 15.4. The molecule has 3 nitrogen and oxygen atoms in total. The first-order valence-electron chi connectivity index (χ1n) is 6.97. The van der Waals surface area contributed by atoms with E-state index >= 15 is 0 Å². The Labute approximate surface area is 122 Å². The van der Waals surface area contributed by atoms with Gasteiger partial charge in [0, 0.05) is 17.8 Å². The number of fused-ring (bicyclic) bond motifs is 1. The molecule has 0 spiro atoms. The molecule has 21 heavy (non-hydrogen) atoms. The van der Waals surface area contributed by atoms with Crippen LogP contribution in [0.2, 0.25) is 0 Å². The maximum atomic E-state index is 13.5. The maximum Gasteiger partial charge on any atom is 0.125 e. The average Bonchev–Trinajstić information content (AvgIpc) is 3.16. The first-order valence-corrected chi connectivity index (χ1v) is 6.97. The van der Waals surface area contributed by atoms with Crippen LogP contribution in [0.1, 0.15) is 5.56 Å². The fourth-order valence-corrected chi connectivity index (χ4v) is 2.88. The quantitative estimate of drug-likeness (QED) is 0.776. The first kappa shape index (κ1) is 12.1. The van der Waals surface area contributed by atoms with E-state index in [4.69, 9.17) is 0 Å². The van der Waals surface area contributed by atoms with Crippen LogP contribution in [0.5, 0.6) is 0 Å². The van der Waals surface area contributed by atoms with Crippen molar-refractivity contribution in [2.24, 2.45) is 0 Å². The number of aromatic nitrogens is 2. The highest BCUT2D eigenvalue weighted by molar-refractivity contribution is 5.80. The van der Waals surface area contributed by atoms with Gasteiger partial charge in [-0.25, -0.2) is 9.37 Å². The van der Waals surface area contributed by atoms with E-state index < -0.39 is 0 Å². The molecular weight excluding hydrogens is 265 g/mol. The van der Waals surface area contributed by atoms with Crippen molar-refractivity contribution in [3.63, 3.8) is 0 Å². The van der Waals surface area contributed by atoms with Crippen LogP contribution >= 0.6 is 0 Å². The molecule has 0 bridgehead atoms. The Morgan fingerprint density at radius 3 is 2.95 bits per heavy atom. The Morgan fingerprint density at radius 2 is 2.05 bits per heavy atom. The normalized spacial score (nSPS) is 13.0. The lowest BCUT2D eigenvalue weighted by Crippen LogP contribution is -1.98. The fraction of sp³-hybridized carbons (Fsp3) is 0.118. The Balaban J connectivity index is 1.89. The highest BCUT2D eigenvalue weighted by Crippen LogP contribution is 2.35. The lowest BCUT2D eigenvalue weighted by molar-refractivity contribution is 0.626. The van der Waals surface area contributed by atoms with Gasteiger partial charge in [-0.2, -0.15) is 0 Å². The molecule has 0 fully saturated rings. The van der Waals surface area contributed by atoms with Gasteiger partial charge in [0.05, 0.1) is 23.9 Å². The predicted octanol–water partition coefficient (Wildman–Crippen LogP) is 3.65. The molecule has 0 atom stereocenters. The Bertz CT molecular complexity index is 807. The number of nitrogens with one attached hydrogen (secondary N) is 1. The number of nitrogens with zero attached hydrogens (tertiary/aromatic N) is 2. The molecule has 4 heteroatoms. The van der Waals surface area contributed by atoms with Crippen LogP contribution in [0.3, 0.4) is 0 Å². The summed E-state index contributed by atoms with van der Waals surface area (Å²) in [6.45, 7) is 0.959. The van der Waals surface area contributed by atoms with Crippen molar-refractivity contribution in [3.05, 3.63) is 66.4 Å². The van der Waals surface area contributed by atoms with E-state index in [9.17, 15) is 4.39 Å². The van der Waals surface area contributed by atoms with E-state index in [1.807, 2.05) is 16.8 Å². The molecule has 1 aliphatic rings. The second-order valence-electron chi connectivity index (χ2n) is 5.15. The third-order valence-corrected chi connectivity index (χ3v) is 3.85. The summed E-state index contributed by atoms with van der Waals surface area (Å²) in [5.41, 5.74) is 5.33. The van der Waals surface area contributed by atoms with E-state index in [2.05, 4.69) is 28.5 Å². The number of hydrogen-bond donors (Lipinski definition) is 1. The van der Waals surface area contributed by atoms with Gasteiger partial charge < -0.3 is 5.32 Å². The Hall–Kier alpha value is -2.62. The molecule has 2 heterocycles. The average molecular weight is 279 g/mol. The van der Waals surface area contributed by atoms with Crippen molar-refractivity contribution < 1.29 is 4.39 Å². The number of benzene rings is 2. The SMILES string of the molecule is Fc1cccc(-n2cncc2-c2cccc3c2NCC3)c1. The topological polar surface area (TPSA) is 29.9 Å². The molecule has 0 saturated heterocycles. The van der Waals surface area contributed by atoms with Gasteiger partial charge in [0.1, 0.15) is 5.82 Å². The van der Waals surface area contributed by atoms with Gasteiger partial charge in [-0.15, -0.1) is 0 Å². The van der Waals surface area contributed by atoms with Crippen LogP contribution in [0.15, 0.2) is 55.0 Å². The first-order chi connectivity index (χ1) is 10.3. The molecular formula is C17H14FN3. The zero-order valence-corrected chi connectivity index (χ0v) is 11.4. The van der Waals surface area contributed by atoms with Gasteiger partial charge in [-0.05, 0) is 30.2 Å². The van der Waals surface area contributed by atoms with Gasteiger partial charge >= 0.3 is 0 Å². The number of halogens is 1. The van der Waals surface area contributed by atoms with Crippen LogP contribution in [0, 0.1) is 5.82 Å². The molecule has 1 aliphatic heterocycles. The molecule has 1 N–H and O–H groups in total. The van der Waals surface area contributed by atoms with Crippen LogP contribution in [-0.4, -0.2) is 16.1 Å². The van der Waals surface area contributed by atoms with E-state index in [0.717, 1.165) is 35.6 Å². The van der Waals surface area contributed by atoms with Crippen LogP contribution < -0.4 is 5.32 Å². The van der Waals surface area contributed by atoms with Gasteiger partial charge in [-0.3, -0.25) is 4.57 Å².